The van der Waals surface area contributed by atoms with E-state index in [9.17, 15) is 4.79 Å². The fraction of sp³-hybridized carbons (Fsp3) is 0.667. The van der Waals surface area contributed by atoms with E-state index in [4.69, 9.17) is 10.2 Å². The Labute approximate surface area is 82.7 Å². The fourth-order valence-corrected chi connectivity index (χ4v) is 0.406. The Kier molecular flexibility index (Phi) is 6.69. The van der Waals surface area contributed by atoms with E-state index in [1.54, 1.807) is 6.92 Å². The molecule has 4 heteroatoms. The molecule has 1 unspecified atom stereocenters. The summed E-state index contributed by atoms with van der Waals surface area (Å²) in [5, 5.41) is 17.2. The Morgan fingerprint density at radius 1 is 1.70 bits per heavy atom. The maximum atomic E-state index is 9.97. The van der Waals surface area contributed by atoms with Gasteiger partial charge in [0.15, 0.2) is 0 Å². The van der Waals surface area contributed by atoms with Gasteiger partial charge in [-0.2, -0.15) is 0 Å². The SMILES string of the molecule is [CH2]C(O)(CC)CC(=O)O.[NaH]. The molecule has 0 aromatic rings. The molecule has 1 atom stereocenters. The van der Waals surface area contributed by atoms with Crippen LogP contribution in [0.15, 0.2) is 0 Å². The third-order valence-corrected chi connectivity index (χ3v) is 1.14. The van der Waals surface area contributed by atoms with Gasteiger partial charge in [0, 0.05) is 0 Å². The summed E-state index contributed by atoms with van der Waals surface area (Å²) in [6.45, 7) is 4.99. The molecule has 0 aromatic heterocycles. The first-order chi connectivity index (χ1) is 3.98. The minimum absolute atomic E-state index is 0. The Bertz CT molecular complexity index is 112. The van der Waals surface area contributed by atoms with Crippen LogP contribution < -0.4 is 0 Å². The van der Waals surface area contributed by atoms with Crippen LogP contribution in [-0.4, -0.2) is 51.3 Å². The molecule has 10 heavy (non-hydrogen) atoms. The van der Waals surface area contributed by atoms with Crippen molar-refractivity contribution < 1.29 is 15.0 Å². The van der Waals surface area contributed by atoms with Gasteiger partial charge in [-0.05, 0) is 13.3 Å². The van der Waals surface area contributed by atoms with E-state index in [1.807, 2.05) is 0 Å². The van der Waals surface area contributed by atoms with Crippen LogP contribution in [0.2, 0.25) is 0 Å². The van der Waals surface area contributed by atoms with Crippen molar-refractivity contribution in [2.45, 2.75) is 25.4 Å². The predicted molar refractivity (Wildman–Crippen MR) is 40.0 cm³/mol. The second kappa shape index (κ2) is 5.13. The third kappa shape index (κ3) is 6.55. The van der Waals surface area contributed by atoms with Crippen molar-refractivity contribution in [3.05, 3.63) is 6.92 Å². The molecule has 0 aliphatic rings. The van der Waals surface area contributed by atoms with Crippen LogP contribution in [0.3, 0.4) is 0 Å². The zero-order valence-corrected chi connectivity index (χ0v) is 5.42. The predicted octanol–water partition coefficient (Wildman–Crippen LogP) is -0.212. The van der Waals surface area contributed by atoms with Gasteiger partial charge in [0.25, 0.3) is 0 Å². The summed E-state index contributed by atoms with van der Waals surface area (Å²) in [5.41, 5.74) is -1.29. The van der Waals surface area contributed by atoms with Gasteiger partial charge in [0.05, 0.1) is 12.0 Å². The summed E-state index contributed by atoms with van der Waals surface area (Å²) in [5.74, 6) is -1.02. The average Bonchev–Trinajstić information content (AvgIpc) is 1.63. The van der Waals surface area contributed by atoms with Gasteiger partial charge < -0.3 is 10.2 Å². The number of carbonyl (C=O) groups is 1. The normalized spacial score (nSPS) is 15.1. The van der Waals surface area contributed by atoms with Crippen molar-refractivity contribution in [2.75, 3.05) is 0 Å². The van der Waals surface area contributed by atoms with E-state index in [0.29, 0.717) is 6.42 Å². The van der Waals surface area contributed by atoms with Gasteiger partial charge in [-0.15, -0.1) is 0 Å². The summed E-state index contributed by atoms with van der Waals surface area (Å²) in [6, 6.07) is 0. The van der Waals surface area contributed by atoms with Gasteiger partial charge in [-0.3, -0.25) is 4.79 Å². The molecule has 3 nitrogen and oxygen atoms in total. The van der Waals surface area contributed by atoms with Gasteiger partial charge in [-0.25, -0.2) is 0 Å². The van der Waals surface area contributed by atoms with Crippen LogP contribution >= 0.6 is 0 Å². The number of rotatable bonds is 3. The van der Waals surface area contributed by atoms with Gasteiger partial charge in [0.1, 0.15) is 0 Å². The van der Waals surface area contributed by atoms with Gasteiger partial charge in [0.2, 0.25) is 0 Å². The van der Waals surface area contributed by atoms with Gasteiger partial charge in [-0.1, -0.05) is 6.92 Å². The second-order valence-electron chi connectivity index (χ2n) is 2.15. The molecule has 0 amide bonds. The first kappa shape index (κ1) is 13.1. The van der Waals surface area contributed by atoms with E-state index in [2.05, 4.69) is 6.92 Å². The zero-order valence-electron chi connectivity index (χ0n) is 5.42. The average molecular weight is 155 g/mol. The molecule has 1 radical (unpaired) electrons. The standard InChI is InChI=1S/C6H11O3.Na.H/c1-3-6(2,9)4-5(7)8;;/h9H,2-4H2,1H3,(H,7,8);;. The maximum absolute atomic E-state index is 9.97. The molecule has 0 saturated carbocycles. The molecular weight excluding hydrogens is 143 g/mol. The summed E-state index contributed by atoms with van der Waals surface area (Å²) in [4.78, 5) is 9.97. The Morgan fingerprint density at radius 3 is 2.20 bits per heavy atom. The second-order valence-corrected chi connectivity index (χ2v) is 2.15. The van der Waals surface area contributed by atoms with Crippen LogP contribution in [0.5, 0.6) is 0 Å². The quantitative estimate of drug-likeness (QED) is 0.554. The molecule has 0 bridgehead atoms. The molecule has 0 spiro atoms. The van der Waals surface area contributed by atoms with Crippen molar-refractivity contribution in [1.82, 2.24) is 0 Å². The summed E-state index contributed by atoms with van der Waals surface area (Å²) < 4.78 is 0. The molecule has 0 heterocycles. The molecule has 0 aliphatic carbocycles. The molecule has 0 saturated heterocycles. The topological polar surface area (TPSA) is 57.5 Å². The van der Waals surface area contributed by atoms with E-state index < -0.39 is 11.6 Å². The molecule has 0 rings (SSSR count). The van der Waals surface area contributed by atoms with Crippen LogP contribution in [0.25, 0.3) is 0 Å². The Balaban J connectivity index is 0. The molecule has 55 valence electrons. The molecule has 2 N–H and O–H groups in total. The number of aliphatic carboxylic acids is 1. The molecule has 0 aromatic carbocycles. The van der Waals surface area contributed by atoms with Gasteiger partial charge >= 0.3 is 35.5 Å². The molecule has 0 aliphatic heterocycles. The van der Waals surface area contributed by atoms with E-state index >= 15 is 0 Å². The van der Waals surface area contributed by atoms with Crippen molar-refractivity contribution in [3.63, 3.8) is 0 Å². The monoisotopic (exact) mass is 155 g/mol. The number of hydrogen-bond donors (Lipinski definition) is 2. The Hall–Kier alpha value is 0.430. The summed E-state index contributed by atoms with van der Waals surface area (Å²) >= 11 is 0. The molecular formula is C6H12NaO3. The van der Waals surface area contributed by atoms with Crippen molar-refractivity contribution >= 4 is 35.5 Å². The fourth-order valence-electron chi connectivity index (χ4n) is 0.406. The van der Waals surface area contributed by atoms with E-state index in [0.717, 1.165) is 0 Å². The first-order valence-corrected chi connectivity index (χ1v) is 2.77. The Morgan fingerprint density at radius 2 is 2.10 bits per heavy atom. The molecule has 0 fully saturated rings. The van der Waals surface area contributed by atoms with Crippen molar-refractivity contribution in [2.24, 2.45) is 0 Å². The van der Waals surface area contributed by atoms with E-state index in [1.165, 1.54) is 0 Å². The number of hydrogen-bond acceptors (Lipinski definition) is 2. The van der Waals surface area contributed by atoms with E-state index in [-0.39, 0.29) is 36.0 Å². The minimum atomic E-state index is -1.29. The zero-order chi connectivity index (χ0) is 7.49. The first-order valence-electron chi connectivity index (χ1n) is 2.77. The van der Waals surface area contributed by atoms with Crippen LogP contribution in [0, 0.1) is 6.92 Å². The number of carboxylic acid groups (broad SMARTS) is 1. The summed E-state index contributed by atoms with van der Waals surface area (Å²) in [7, 11) is 0. The number of carboxylic acids is 1. The van der Waals surface area contributed by atoms with Crippen LogP contribution in [0.4, 0.5) is 0 Å². The number of aliphatic hydroxyl groups is 1. The van der Waals surface area contributed by atoms with Crippen molar-refractivity contribution in [3.8, 4) is 0 Å². The van der Waals surface area contributed by atoms with Crippen LogP contribution in [0.1, 0.15) is 19.8 Å². The summed E-state index contributed by atoms with van der Waals surface area (Å²) in [6.07, 6.45) is 0.0722. The van der Waals surface area contributed by atoms with Crippen LogP contribution in [-0.2, 0) is 4.79 Å². The van der Waals surface area contributed by atoms with Crippen molar-refractivity contribution in [1.29, 1.82) is 0 Å². The third-order valence-electron chi connectivity index (χ3n) is 1.14.